The van der Waals surface area contributed by atoms with Crippen LogP contribution in [-0.4, -0.2) is 0 Å². The molecule has 0 saturated carbocycles. The molecule has 5 rings (SSSR count). The smallest absolute Gasteiger partial charge is 0.169 e. The molecule has 0 bridgehead atoms. The largest absolute Gasteiger partial charge is 0.207 e. The molecular formula is C26H11F7. The predicted octanol–water partition coefficient (Wildman–Crippen LogP) is 8.30. The van der Waals surface area contributed by atoms with Crippen molar-refractivity contribution in [2.24, 2.45) is 0 Å². The average molecular weight is 456 g/mol. The maximum Gasteiger partial charge on any atom is 0.169 e. The van der Waals surface area contributed by atoms with Gasteiger partial charge in [-0.05, 0) is 45.8 Å². The third-order valence-corrected chi connectivity index (χ3v) is 5.55. The molecule has 0 amide bonds. The molecule has 0 saturated heterocycles. The summed E-state index contributed by atoms with van der Waals surface area (Å²) in [5.74, 6) is -8.94. The van der Waals surface area contributed by atoms with Crippen LogP contribution in [0.4, 0.5) is 30.7 Å². The van der Waals surface area contributed by atoms with E-state index in [1.165, 1.54) is 30.3 Å². The van der Waals surface area contributed by atoms with Crippen LogP contribution in [0.15, 0.2) is 66.7 Å². The van der Waals surface area contributed by atoms with Gasteiger partial charge in [0.15, 0.2) is 23.3 Å². The van der Waals surface area contributed by atoms with Crippen molar-refractivity contribution in [1.82, 2.24) is 0 Å². The molecule has 7 heteroatoms. The van der Waals surface area contributed by atoms with E-state index in [0.717, 1.165) is 18.2 Å². The highest BCUT2D eigenvalue weighted by Crippen LogP contribution is 2.46. The van der Waals surface area contributed by atoms with Crippen LogP contribution in [0.5, 0.6) is 0 Å². The molecule has 0 spiro atoms. The second kappa shape index (κ2) is 7.62. The highest BCUT2D eigenvalue weighted by Gasteiger charge is 2.26. The Kier molecular flexibility index (Phi) is 4.85. The molecule has 0 N–H and O–H groups in total. The number of hydrogen-bond acceptors (Lipinski definition) is 0. The summed E-state index contributed by atoms with van der Waals surface area (Å²) in [5.41, 5.74) is -1.13. The third-order valence-electron chi connectivity index (χ3n) is 5.55. The molecule has 5 aromatic rings. The molecule has 0 aliphatic heterocycles. The van der Waals surface area contributed by atoms with Gasteiger partial charge in [-0.15, -0.1) is 0 Å². The number of halogens is 7. The summed E-state index contributed by atoms with van der Waals surface area (Å²) in [4.78, 5) is 0. The van der Waals surface area contributed by atoms with Crippen LogP contribution >= 0.6 is 0 Å². The maximum atomic E-state index is 14.8. The van der Waals surface area contributed by atoms with Crippen LogP contribution < -0.4 is 0 Å². The van der Waals surface area contributed by atoms with E-state index in [4.69, 9.17) is 0 Å². The van der Waals surface area contributed by atoms with Crippen molar-refractivity contribution in [3.8, 4) is 22.3 Å². The van der Waals surface area contributed by atoms with Crippen molar-refractivity contribution >= 4 is 21.5 Å². The average Bonchev–Trinajstić information content (AvgIpc) is 2.78. The molecule has 0 radical (unpaired) electrons. The minimum absolute atomic E-state index is 0.0247. The van der Waals surface area contributed by atoms with Gasteiger partial charge in [-0.3, -0.25) is 0 Å². The second-order valence-corrected chi connectivity index (χ2v) is 7.45. The van der Waals surface area contributed by atoms with Crippen molar-refractivity contribution in [2.75, 3.05) is 0 Å². The van der Waals surface area contributed by atoms with E-state index < -0.39 is 46.3 Å². The molecule has 164 valence electrons. The van der Waals surface area contributed by atoms with Gasteiger partial charge in [0.1, 0.15) is 17.5 Å². The lowest BCUT2D eigenvalue weighted by Gasteiger charge is -2.19. The quantitative estimate of drug-likeness (QED) is 0.142. The molecule has 0 atom stereocenters. The number of fused-ring (bicyclic) bond motifs is 2. The number of hydrogen-bond donors (Lipinski definition) is 0. The fraction of sp³-hybridized carbons (Fsp3) is 0. The van der Waals surface area contributed by atoms with Gasteiger partial charge in [0, 0.05) is 28.8 Å². The first-order valence-electron chi connectivity index (χ1n) is 9.70. The highest BCUT2D eigenvalue weighted by molar-refractivity contribution is 6.21. The van der Waals surface area contributed by atoms with E-state index in [-0.39, 0.29) is 44.3 Å². The lowest BCUT2D eigenvalue weighted by molar-refractivity contribution is 0.458. The molecular weight excluding hydrogens is 445 g/mol. The van der Waals surface area contributed by atoms with Gasteiger partial charge in [-0.2, -0.15) is 0 Å². The van der Waals surface area contributed by atoms with E-state index >= 15 is 0 Å². The van der Waals surface area contributed by atoms with Crippen molar-refractivity contribution in [3.63, 3.8) is 0 Å². The van der Waals surface area contributed by atoms with E-state index in [1.54, 1.807) is 6.07 Å². The summed E-state index contributed by atoms with van der Waals surface area (Å²) >= 11 is 0. The van der Waals surface area contributed by atoms with Crippen LogP contribution in [-0.2, 0) is 0 Å². The van der Waals surface area contributed by atoms with E-state index in [2.05, 4.69) is 0 Å². The van der Waals surface area contributed by atoms with Crippen LogP contribution in [0.1, 0.15) is 0 Å². The zero-order valence-corrected chi connectivity index (χ0v) is 16.5. The summed E-state index contributed by atoms with van der Waals surface area (Å²) in [5, 5.41) is 0.409. The number of benzene rings is 5. The Bertz CT molecular complexity index is 1560. The summed E-state index contributed by atoms with van der Waals surface area (Å²) in [6.45, 7) is 0. The minimum Gasteiger partial charge on any atom is -0.207 e. The van der Waals surface area contributed by atoms with Gasteiger partial charge in [0.25, 0.3) is 0 Å². The van der Waals surface area contributed by atoms with Crippen LogP contribution in [0.3, 0.4) is 0 Å². The summed E-state index contributed by atoms with van der Waals surface area (Å²) in [6, 6.07) is 12.2. The Balaban J connectivity index is 2.06. The fourth-order valence-electron chi connectivity index (χ4n) is 4.19. The Morgan fingerprint density at radius 3 is 1.58 bits per heavy atom. The van der Waals surface area contributed by atoms with Crippen LogP contribution in [0, 0.1) is 40.7 Å². The zero-order chi connectivity index (χ0) is 23.4. The summed E-state index contributed by atoms with van der Waals surface area (Å²) in [7, 11) is 0. The molecule has 0 heterocycles. The minimum atomic E-state index is -1.62. The number of rotatable bonds is 2. The van der Waals surface area contributed by atoms with Crippen molar-refractivity contribution in [1.29, 1.82) is 0 Å². The normalized spacial score (nSPS) is 11.5. The second-order valence-electron chi connectivity index (χ2n) is 7.45. The molecule has 5 aromatic carbocycles. The van der Waals surface area contributed by atoms with E-state index in [1.807, 2.05) is 0 Å². The lowest BCUT2D eigenvalue weighted by atomic mass is 9.85. The topological polar surface area (TPSA) is 0 Å². The predicted molar refractivity (Wildman–Crippen MR) is 112 cm³/mol. The highest BCUT2D eigenvalue weighted by atomic mass is 19.2. The fourth-order valence-corrected chi connectivity index (χ4v) is 4.19. The first-order valence-corrected chi connectivity index (χ1v) is 9.70. The van der Waals surface area contributed by atoms with Crippen molar-refractivity contribution in [2.45, 2.75) is 0 Å². The van der Waals surface area contributed by atoms with Crippen molar-refractivity contribution < 1.29 is 30.7 Å². The Labute approximate surface area is 182 Å². The van der Waals surface area contributed by atoms with Crippen molar-refractivity contribution in [3.05, 3.63) is 107 Å². The van der Waals surface area contributed by atoms with E-state index in [0.29, 0.717) is 6.07 Å². The Morgan fingerprint density at radius 1 is 0.394 bits per heavy atom. The van der Waals surface area contributed by atoms with Gasteiger partial charge >= 0.3 is 0 Å². The van der Waals surface area contributed by atoms with Gasteiger partial charge in [0.05, 0.1) is 5.56 Å². The zero-order valence-electron chi connectivity index (χ0n) is 16.5. The molecule has 0 unspecified atom stereocenters. The molecule has 0 fully saturated rings. The standard InChI is InChI=1S/C26H11F7/c27-12-5-7-16-18(9-12)22(17-8-6-13(28)10-19(17)29)14-3-1-2-4-15(14)23(16)24-25(32)20(30)11-21(31)26(24)33/h1-11H. The molecule has 33 heavy (non-hydrogen) atoms. The SMILES string of the molecule is Fc1ccc(-c2c3ccccc3c(-c3c(F)c(F)cc(F)c3F)c3ccc(F)cc23)c(F)c1. The third kappa shape index (κ3) is 3.23. The van der Waals surface area contributed by atoms with Gasteiger partial charge < -0.3 is 0 Å². The van der Waals surface area contributed by atoms with Gasteiger partial charge in [0.2, 0.25) is 0 Å². The maximum absolute atomic E-state index is 14.8. The first kappa shape index (κ1) is 21.0. The Morgan fingerprint density at radius 2 is 0.939 bits per heavy atom. The van der Waals surface area contributed by atoms with E-state index in [9.17, 15) is 30.7 Å². The van der Waals surface area contributed by atoms with Gasteiger partial charge in [-0.25, -0.2) is 30.7 Å². The monoisotopic (exact) mass is 456 g/mol. The summed E-state index contributed by atoms with van der Waals surface area (Å²) < 4.78 is 100. The Hall–Kier alpha value is -3.87. The summed E-state index contributed by atoms with van der Waals surface area (Å²) in [6.07, 6.45) is 0. The first-order chi connectivity index (χ1) is 15.8. The molecule has 0 aliphatic rings. The molecule has 0 nitrogen and oxygen atoms in total. The van der Waals surface area contributed by atoms with Crippen LogP contribution in [0.25, 0.3) is 43.8 Å². The molecule has 0 aromatic heterocycles. The van der Waals surface area contributed by atoms with Crippen LogP contribution in [0.2, 0.25) is 0 Å². The van der Waals surface area contributed by atoms with Gasteiger partial charge in [-0.1, -0.05) is 30.3 Å². The molecule has 0 aliphatic carbocycles. The lowest BCUT2D eigenvalue weighted by Crippen LogP contribution is -2.01.